The number of Topliss-reactive ketones (excluding diaryl/α,β-unsaturated/α-hetero) is 1. The molecular weight excluding hydrogens is 382 g/mol. The third-order valence-electron chi connectivity index (χ3n) is 5.81. The van der Waals surface area contributed by atoms with Crippen LogP contribution in [-0.2, 0) is 23.9 Å². The van der Waals surface area contributed by atoms with Crippen LogP contribution in [0, 0.1) is 18.8 Å². The minimum Gasteiger partial charge on any atom is -0.468 e. The Kier molecular flexibility index (Phi) is 6.15. The normalized spacial score (nSPS) is 23.8. The van der Waals surface area contributed by atoms with Crippen molar-refractivity contribution in [3.8, 4) is 0 Å². The van der Waals surface area contributed by atoms with Gasteiger partial charge in [0.15, 0.2) is 5.78 Å². The number of dihydropyridines is 1. The smallest absolute Gasteiger partial charge is 0.337 e. The standard InChI is InChI=1S/C24H29NO5/c1-12(2)30-24(28)19-15(5)25-17-11-14(4)18(23(27)29-6)22(26)21(17)20(19)16-10-8-7-9-13(16)3/h7-10,12,14,18,20,25H,11H2,1-6H3/t14-,18+,20+/m1/s1. The summed E-state index contributed by atoms with van der Waals surface area (Å²) in [5.41, 5.74) is 4.11. The Morgan fingerprint density at radius 1 is 1.17 bits per heavy atom. The minimum absolute atomic E-state index is 0.203. The number of hydrogen-bond acceptors (Lipinski definition) is 6. The van der Waals surface area contributed by atoms with E-state index in [-0.39, 0.29) is 17.8 Å². The van der Waals surface area contributed by atoms with Gasteiger partial charge in [-0.3, -0.25) is 9.59 Å². The molecule has 6 heteroatoms. The average molecular weight is 411 g/mol. The van der Waals surface area contributed by atoms with E-state index in [1.54, 1.807) is 13.8 Å². The molecule has 1 aliphatic carbocycles. The number of carbonyl (C=O) groups is 3. The molecule has 0 fully saturated rings. The molecule has 1 N–H and O–H groups in total. The first-order valence-corrected chi connectivity index (χ1v) is 10.3. The van der Waals surface area contributed by atoms with Crippen LogP contribution in [0.4, 0.5) is 0 Å². The lowest BCUT2D eigenvalue weighted by molar-refractivity contribution is -0.151. The lowest BCUT2D eigenvalue weighted by Crippen LogP contribution is -2.43. The molecule has 3 atom stereocenters. The summed E-state index contributed by atoms with van der Waals surface area (Å²) in [4.78, 5) is 39.1. The fraction of sp³-hybridized carbons (Fsp3) is 0.458. The van der Waals surface area contributed by atoms with Crippen molar-refractivity contribution in [3.63, 3.8) is 0 Å². The van der Waals surface area contributed by atoms with Gasteiger partial charge in [-0.1, -0.05) is 31.2 Å². The van der Waals surface area contributed by atoms with Crippen LogP contribution in [0.25, 0.3) is 0 Å². The van der Waals surface area contributed by atoms with Crippen molar-refractivity contribution in [1.29, 1.82) is 0 Å². The fourth-order valence-electron chi connectivity index (χ4n) is 4.45. The Morgan fingerprint density at radius 3 is 2.43 bits per heavy atom. The van der Waals surface area contributed by atoms with Gasteiger partial charge in [0.25, 0.3) is 0 Å². The first-order valence-electron chi connectivity index (χ1n) is 10.3. The van der Waals surface area contributed by atoms with Crippen LogP contribution in [0.1, 0.15) is 51.2 Å². The minimum atomic E-state index is -0.886. The van der Waals surface area contributed by atoms with Crippen LogP contribution >= 0.6 is 0 Å². The molecule has 0 bridgehead atoms. The number of esters is 2. The van der Waals surface area contributed by atoms with Gasteiger partial charge in [-0.2, -0.15) is 0 Å². The molecule has 1 heterocycles. The Balaban J connectivity index is 2.21. The zero-order valence-corrected chi connectivity index (χ0v) is 18.4. The first kappa shape index (κ1) is 21.8. The summed E-state index contributed by atoms with van der Waals surface area (Å²) in [6.45, 7) is 9.23. The molecule has 6 nitrogen and oxygen atoms in total. The zero-order valence-electron chi connectivity index (χ0n) is 18.4. The first-order chi connectivity index (χ1) is 14.2. The highest BCUT2D eigenvalue weighted by Crippen LogP contribution is 2.46. The van der Waals surface area contributed by atoms with Crippen molar-refractivity contribution in [1.82, 2.24) is 5.32 Å². The van der Waals surface area contributed by atoms with Crippen molar-refractivity contribution in [2.45, 2.75) is 53.1 Å². The molecule has 30 heavy (non-hydrogen) atoms. The SMILES string of the molecule is COC(=O)[C@@H]1C(=O)C2=C(C[C@H]1C)NC(C)=C(C(=O)OC(C)C)[C@@H]2c1ccccc1C. The molecule has 0 radical (unpaired) electrons. The highest BCUT2D eigenvalue weighted by molar-refractivity contribution is 6.12. The van der Waals surface area contributed by atoms with Gasteiger partial charge >= 0.3 is 11.9 Å². The van der Waals surface area contributed by atoms with E-state index in [9.17, 15) is 14.4 Å². The number of hydrogen-bond donors (Lipinski definition) is 1. The summed E-state index contributed by atoms with van der Waals surface area (Å²) in [7, 11) is 1.29. The van der Waals surface area contributed by atoms with Gasteiger partial charge in [0, 0.05) is 22.9 Å². The second kappa shape index (κ2) is 8.46. The number of benzene rings is 1. The number of ether oxygens (including phenoxy) is 2. The highest BCUT2D eigenvalue weighted by atomic mass is 16.5. The Labute approximate surface area is 177 Å². The van der Waals surface area contributed by atoms with Gasteiger partial charge in [0.2, 0.25) is 0 Å². The predicted octanol–water partition coefficient (Wildman–Crippen LogP) is 3.56. The van der Waals surface area contributed by atoms with Gasteiger partial charge in [0.05, 0.1) is 18.8 Å². The van der Waals surface area contributed by atoms with E-state index in [2.05, 4.69) is 5.32 Å². The van der Waals surface area contributed by atoms with Gasteiger partial charge in [-0.25, -0.2) is 4.79 Å². The molecule has 1 aromatic rings. The van der Waals surface area contributed by atoms with Crippen LogP contribution in [0.2, 0.25) is 0 Å². The average Bonchev–Trinajstić information content (AvgIpc) is 2.66. The number of nitrogens with one attached hydrogen (secondary N) is 1. The summed E-state index contributed by atoms with van der Waals surface area (Å²) >= 11 is 0. The monoisotopic (exact) mass is 411 g/mol. The van der Waals surface area contributed by atoms with Crippen molar-refractivity contribution in [2.24, 2.45) is 11.8 Å². The van der Waals surface area contributed by atoms with Crippen LogP contribution in [0.15, 0.2) is 46.8 Å². The molecule has 0 saturated heterocycles. The van der Waals surface area contributed by atoms with E-state index in [1.807, 2.05) is 45.0 Å². The zero-order chi connectivity index (χ0) is 22.2. The second-order valence-corrected chi connectivity index (χ2v) is 8.35. The van der Waals surface area contributed by atoms with Crippen molar-refractivity contribution in [2.75, 3.05) is 7.11 Å². The highest BCUT2D eigenvalue weighted by Gasteiger charge is 2.47. The summed E-state index contributed by atoms with van der Waals surface area (Å²) in [6, 6.07) is 7.68. The van der Waals surface area contributed by atoms with Crippen molar-refractivity contribution >= 4 is 17.7 Å². The predicted molar refractivity (Wildman–Crippen MR) is 112 cm³/mol. The molecule has 160 valence electrons. The maximum Gasteiger partial charge on any atom is 0.337 e. The lowest BCUT2D eigenvalue weighted by Gasteiger charge is -2.38. The second-order valence-electron chi connectivity index (χ2n) is 8.35. The third kappa shape index (κ3) is 3.78. The number of ketones is 1. The maximum atomic E-state index is 13.6. The van der Waals surface area contributed by atoms with Gasteiger partial charge in [-0.15, -0.1) is 0 Å². The van der Waals surface area contributed by atoms with E-state index in [4.69, 9.17) is 9.47 Å². The molecular formula is C24H29NO5. The van der Waals surface area contributed by atoms with E-state index >= 15 is 0 Å². The molecule has 0 amide bonds. The van der Waals surface area contributed by atoms with E-state index in [0.29, 0.717) is 23.3 Å². The van der Waals surface area contributed by atoms with Crippen molar-refractivity contribution in [3.05, 3.63) is 57.9 Å². The molecule has 0 spiro atoms. The van der Waals surface area contributed by atoms with E-state index < -0.39 is 23.8 Å². The van der Waals surface area contributed by atoms with Crippen LogP contribution in [-0.4, -0.2) is 30.9 Å². The van der Waals surface area contributed by atoms with Crippen LogP contribution in [0.5, 0.6) is 0 Å². The summed E-state index contributed by atoms with van der Waals surface area (Å²) < 4.78 is 10.4. The number of rotatable bonds is 4. The van der Waals surface area contributed by atoms with Crippen molar-refractivity contribution < 1.29 is 23.9 Å². The Morgan fingerprint density at radius 2 is 1.83 bits per heavy atom. The van der Waals surface area contributed by atoms with Gasteiger partial charge in [0.1, 0.15) is 5.92 Å². The van der Waals surface area contributed by atoms with E-state index in [0.717, 1.165) is 16.8 Å². The van der Waals surface area contributed by atoms with E-state index in [1.165, 1.54) is 7.11 Å². The molecule has 1 aliphatic heterocycles. The van der Waals surface area contributed by atoms with Crippen LogP contribution < -0.4 is 5.32 Å². The molecule has 1 aromatic carbocycles. The maximum absolute atomic E-state index is 13.6. The quantitative estimate of drug-likeness (QED) is 0.603. The topological polar surface area (TPSA) is 81.7 Å². The van der Waals surface area contributed by atoms with Gasteiger partial charge < -0.3 is 14.8 Å². The number of allylic oxidation sites excluding steroid dienone is 3. The van der Waals surface area contributed by atoms with Gasteiger partial charge in [-0.05, 0) is 51.2 Å². The molecule has 2 aliphatic rings. The largest absolute Gasteiger partial charge is 0.468 e. The number of methoxy groups -OCH3 is 1. The number of carbonyl (C=O) groups excluding carboxylic acids is 3. The number of aryl methyl sites for hydroxylation is 1. The molecule has 0 aromatic heterocycles. The van der Waals surface area contributed by atoms with Crippen LogP contribution in [0.3, 0.4) is 0 Å². The Bertz CT molecular complexity index is 956. The summed E-state index contributed by atoms with van der Waals surface area (Å²) in [6.07, 6.45) is 0.225. The lowest BCUT2D eigenvalue weighted by atomic mass is 9.68. The Hall–Kier alpha value is -2.89. The third-order valence-corrected chi connectivity index (χ3v) is 5.81. The summed E-state index contributed by atoms with van der Waals surface area (Å²) in [5, 5.41) is 3.27. The fourth-order valence-corrected chi connectivity index (χ4v) is 4.45. The molecule has 3 rings (SSSR count). The molecule has 0 unspecified atom stereocenters. The summed E-state index contributed by atoms with van der Waals surface area (Å²) in [5.74, 6) is -2.98. The molecule has 0 saturated carbocycles.